The minimum absolute atomic E-state index is 0.265. The van der Waals surface area contributed by atoms with Gasteiger partial charge >= 0.3 is 60.4 Å². The van der Waals surface area contributed by atoms with E-state index in [1.165, 1.54) is 11.3 Å². The van der Waals surface area contributed by atoms with Gasteiger partial charge in [-0.05, 0) is 45.0 Å². The quantitative estimate of drug-likeness (QED) is 0.0690. The van der Waals surface area contributed by atoms with Crippen LogP contribution in [0.1, 0.15) is 80.6 Å². The predicted molar refractivity (Wildman–Crippen MR) is 225 cm³/mol. The zero-order valence-corrected chi connectivity index (χ0v) is 38.8. The summed E-state index contributed by atoms with van der Waals surface area (Å²) in [6.45, 7) is 6.30. The highest BCUT2D eigenvalue weighted by Gasteiger charge is 2.47. The molecule has 0 amide bonds. The number of aromatic nitrogens is 1. The number of alkyl halides is 24. The standard InChI is InChI=1S/C32H12BF24.C15H18NO2S/c34-25(35,36)13-1-14(26(37,38)39)6-21(5-13)33(22-7-15(27(40,41)42)2-16(8-22)28(43,44)45,23-9-17(29(46,47)48)3-18(10-23)30(49,50)51)24-11-19(31(52,53)54)4-20(12-24)32(55,56)57;1-15(2,3)18-14(17)13-16(9-10-19-13)11-12-7-5-4-6-8-12/h1-12H;4-10H,11H2,1-3H3/q-1;+1. The van der Waals surface area contributed by atoms with Gasteiger partial charge in [-0.1, -0.05) is 90.2 Å². The second-order valence-electron chi connectivity index (χ2n) is 17.5. The molecule has 0 saturated carbocycles. The smallest absolute Gasteiger partial charge is 0.416 e. The third-order valence-corrected chi connectivity index (χ3v) is 11.8. The van der Waals surface area contributed by atoms with Crippen LogP contribution < -0.4 is 26.4 Å². The Labute approximate surface area is 416 Å². The summed E-state index contributed by atoms with van der Waals surface area (Å²) in [5.41, 5.74) is -29.5. The van der Waals surface area contributed by atoms with Gasteiger partial charge in [0.05, 0.1) is 49.9 Å². The highest BCUT2D eigenvalue weighted by Crippen LogP contribution is 2.41. The Balaban J connectivity index is 0.000000468. The highest BCUT2D eigenvalue weighted by molar-refractivity contribution is 7.20. The van der Waals surface area contributed by atoms with Crippen molar-refractivity contribution in [2.24, 2.45) is 0 Å². The number of esters is 1. The van der Waals surface area contributed by atoms with Crippen LogP contribution in [-0.4, -0.2) is 17.7 Å². The van der Waals surface area contributed by atoms with Crippen molar-refractivity contribution in [3.8, 4) is 0 Å². The van der Waals surface area contributed by atoms with Crippen LogP contribution in [0.4, 0.5) is 105 Å². The van der Waals surface area contributed by atoms with Crippen LogP contribution in [0.3, 0.4) is 0 Å². The van der Waals surface area contributed by atoms with Crippen molar-refractivity contribution in [3.05, 3.63) is 170 Å². The molecule has 412 valence electrons. The van der Waals surface area contributed by atoms with Gasteiger partial charge < -0.3 is 4.74 Å². The van der Waals surface area contributed by atoms with Gasteiger partial charge in [-0.3, -0.25) is 0 Å². The van der Waals surface area contributed by atoms with Crippen LogP contribution in [0.25, 0.3) is 0 Å². The van der Waals surface area contributed by atoms with Gasteiger partial charge in [-0.2, -0.15) is 132 Å². The van der Waals surface area contributed by atoms with Crippen LogP contribution >= 0.6 is 11.3 Å². The fourth-order valence-corrected chi connectivity index (χ4v) is 8.50. The number of nitrogens with zero attached hydrogens (tertiary/aromatic N) is 1. The van der Waals surface area contributed by atoms with Gasteiger partial charge in [-0.25, -0.2) is 4.79 Å². The first-order valence-corrected chi connectivity index (χ1v) is 21.7. The van der Waals surface area contributed by atoms with Crippen molar-refractivity contribution < 1.29 is 119 Å². The molecule has 1 aromatic heterocycles. The SMILES string of the molecule is CC(C)(C)OC(=O)c1scc[n+]1Cc1ccccc1.FC(F)(F)c1cc([B-](c2cc(C(F)(F)F)cc(C(F)(F)F)c2)(c2cc(C(F)(F)F)cc(C(F)(F)F)c2)c2cc(C(F)(F)F)cc(C(F)(F)F)c2)cc(C(F)(F)F)c1. The maximum absolute atomic E-state index is 14.2. The molecule has 0 unspecified atom stereocenters. The molecule has 0 spiro atoms. The van der Waals surface area contributed by atoms with Crippen LogP contribution in [0.15, 0.2) is 115 Å². The Kier molecular flexibility index (Phi) is 16.3. The van der Waals surface area contributed by atoms with E-state index in [2.05, 4.69) is 0 Å². The molecule has 0 fully saturated rings. The lowest BCUT2D eigenvalue weighted by Crippen LogP contribution is -2.75. The van der Waals surface area contributed by atoms with Crippen molar-refractivity contribution in [1.82, 2.24) is 0 Å². The van der Waals surface area contributed by atoms with Gasteiger partial charge in [0.2, 0.25) is 0 Å². The van der Waals surface area contributed by atoms with E-state index in [-0.39, 0.29) is 5.97 Å². The molecular formula is C47H30BF24NO2S. The predicted octanol–water partition coefficient (Wildman–Crippen LogP) is 14.3. The lowest BCUT2D eigenvalue weighted by atomic mass is 9.12. The summed E-state index contributed by atoms with van der Waals surface area (Å²) in [5.74, 6) is -0.265. The maximum Gasteiger partial charge on any atom is 0.416 e. The van der Waals surface area contributed by atoms with Crippen LogP contribution in [0.5, 0.6) is 0 Å². The monoisotopic (exact) mass is 1140 g/mol. The molecule has 3 nitrogen and oxygen atoms in total. The van der Waals surface area contributed by atoms with E-state index >= 15 is 0 Å². The van der Waals surface area contributed by atoms with Crippen LogP contribution in [0.2, 0.25) is 0 Å². The molecular weight excluding hydrogens is 1110 g/mol. The second-order valence-corrected chi connectivity index (χ2v) is 18.4. The number of carbonyl (C=O) groups excluding carboxylic acids is 1. The lowest BCUT2D eigenvalue weighted by molar-refractivity contribution is -0.685. The fraction of sp³-hybridized carbons (Fsp3) is 0.277. The van der Waals surface area contributed by atoms with Gasteiger partial charge in [0.25, 0.3) is 0 Å². The summed E-state index contributed by atoms with van der Waals surface area (Å²) < 4.78 is 348. The van der Waals surface area contributed by atoms with Gasteiger partial charge in [0.1, 0.15) is 11.7 Å². The normalized spacial score (nSPS) is 13.6. The third kappa shape index (κ3) is 14.3. The molecule has 0 saturated heterocycles. The molecule has 5 aromatic carbocycles. The van der Waals surface area contributed by atoms with Crippen LogP contribution in [-0.2, 0) is 60.7 Å². The number of hydrogen-bond donors (Lipinski definition) is 0. The molecule has 0 bridgehead atoms. The number of ether oxygens (including phenoxy) is 1. The summed E-state index contributed by atoms with van der Waals surface area (Å²) >= 11 is 1.41. The second kappa shape index (κ2) is 20.5. The van der Waals surface area contributed by atoms with Gasteiger partial charge in [0, 0.05) is 5.56 Å². The Hall–Kier alpha value is -6.42. The topological polar surface area (TPSA) is 30.2 Å². The first-order valence-electron chi connectivity index (χ1n) is 20.8. The summed E-state index contributed by atoms with van der Waals surface area (Å²) in [7, 11) is 0. The van der Waals surface area contributed by atoms with E-state index < -0.39 is 200 Å². The molecule has 1 heterocycles. The number of thiazole rings is 1. The largest absolute Gasteiger partial charge is 0.451 e. The molecule has 0 atom stereocenters. The third-order valence-electron chi connectivity index (χ3n) is 10.9. The van der Waals surface area contributed by atoms with Crippen molar-refractivity contribution in [1.29, 1.82) is 0 Å². The highest BCUT2D eigenvalue weighted by atomic mass is 32.1. The number of halogens is 24. The molecule has 0 radical (unpaired) electrons. The minimum atomic E-state index is -6.13. The first kappa shape index (κ1) is 60.4. The number of benzene rings is 5. The average molecular weight is 1140 g/mol. The molecule has 0 N–H and O–H groups in total. The van der Waals surface area contributed by atoms with Crippen molar-refractivity contribution in [3.63, 3.8) is 0 Å². The molecule has 0 aliphatic heterocycles. The Morgan fingerprint density at radius 2 is 0.671 bits per heavy atom. The average Bonchev–Trinajstić information content (AvgIpc) is 3.72. The summed E-state index contributed by atoms with van der Waals surface area (Å²) in [5, 5.41) is 2.53. The van der Waals surface area contributed by atoms with E-state index in [0.29, 0.717) is 11.6 Å². The van der Waals surface area contributed by atoms with Crippen LogP contribution in [0, 0.1) is 0 Å². The Morgan fingerprint density at radius 3 is 0.895 bits per heavy atom. The van der Waals surface area contributed by atoms with E-state index in [1.54, 1.807) is 0 Å². The van der Waals surface area contributed by atoms with E-state index in [9.17, 15) is 110 Å². The Bertz CT molecular complexity index is 2610. The zero-order chi connectivity index (χ0) is 57.8. The lowest BCUT2D eigenvalue weighted by Gasteiger charge is -2.46. The molecule has 6 rings (SSSR count). The number of carbonyl (C=O) groups is 1. The molecule has 6 aromatic rings. The number of hydrogen-bond acceptors (Lipinski definition) is 3. The maximum atomic E-state index is 14.2. The first-order chi connectivity index (χ1) is 34.2. The summed E-state index contributed by atoms with van der Waals surface area (Å²) in [6, 6.07) is 1.25. The van der Waals surface area contributed by atoms with Crippen molar-refractivity contribution in [2.75, 3.05) is 0 Å². The Morgan fingerprint density at radius 1 is 0.421 bits per heavy atom. The number of rotatable bonds is 7. The zero-order valence-electron chi connectivity index (χ0n) is 38.0. The summed E-state index contributed by atoms with van der Waals surface area (Å²) in [4.78, 5) is 12.1. The van der Waals surface area contributed by atoms with E-state index in [4.69, 9.17) is 4.74 Å². The fourth-order valence-electron chi connectivity index (χ4n) is 7.77. The van der Waals surface area contributed by atoms with E-state index in [0.717, 1.165) is 5.56 Å². The summed E-state index contributed by atoms with van der Waals surface area (Å²) in [6.07, 6.45) is -52.9. The molecule has 0 aliphatic carbocycles. The minimum Gasteiger partial charge on any atom is -0.451 e. The van der Waals surface area contributed by atoms with Crippen molar-refractivity contribution in [2.45, 2.75) is 82.3 Å². The molecule has 0 aliphatic rings. The molecule has 29 heteroatoms. The van der Waals surface area contributed by atoms with E-state index in [1.807, 2.05) is 67.2 Å². The van der Waals surface area contributed by atoms with Crippen molar-refractivity contribution >= 4 is 45.3 Å². The van der Waals surface area contributed by atoms with Gasteiger partial charge in [0.15, 0.2) is 12.7 Å². The van der Waals surface area contributed by atoms with Gasteiger partial charge in [-0.15, -0.1) is 0 Å². The molecule has 76 heavy (non-hydrogen) atoms.